The number of carbonyl (C=O) groups is 2. The van der Waals surface area contributed by atoms with E-state index in [9.17, 15) is 9.59 Å². The van der Waals surface area contributed by atoms with Gasteiger partial charge in [-0.15, -0.1) is 0 Å². The molecule has 0 spiro atoms. The lowest BCUT2D eigenvalue weighted by atomic mass is 9.49. The highest BCUT2D eigenvalue weighted by Gasteiger charge is 2.55. The zero-order valence-corrected chi connectivity index (χ0v) is 25.0. The van der Waals surface area contributed by atoms with E-state index in [1.54, 1.807) is 0 Å². The van der Waals surface area contributed by atoms with Crippen LogP contribution in [0, 0.1) is 35.0 Å². The van der Waals surface area contributed by atoms with Crippen LogP contribution < -0.4 is 0 Å². The van der Waals surface area contributed by atoms with E-state index in [4.69, 9.17) is 0 Å². The van der Waals surface area contributed by atoms with Crippen LogP contribution in [0.4, 0.5) is 4.79 Å². The molecular formula is C35H50N4O2. The van der Waals surface area contributed by atoms with E-state index < -0.39 is 0 Å². The summed E-state index contributed by atoms with van der Waals surface area (Å²) in [4.78, 5) is 36.0. The summed E-state index contributed by atoms with van der Waals surface area (Å²) in [5, 5.41) is 0. The molecule has 0 atom stereocenters. The van der Waals surface area contributed by atoms with Gasteiger partial charge in [-0.25, -0.2) is 4.79 Å². The second-order valence-electron chi connectivity index (χ2n) is 14.5. The van der Waals surface area contributed by atoms with E-state index in [-0.39, 0.29) is 11.4 Å². The van der Waals surface area contributed by atoms with Crippen LogP contribution in [0.1, 0.15) is 69.8 Å². The van der Waals surface area contributed by atoms with Gasteiger partial charge in [-0.2, -0.15) is 0 Å². The van der Waals surface area contributed by atoms with Crippen LogP contribution in [0.25, 0.3) is 6.08 Å². The Morgan fingerprint density at radius 1 is 0.683 bits per heavy atom. The summed E-state index contributed by atoms with van der Waals surface area (Å²) < 4.78 is 0. The molecule has 0 aromatic heterocycles. The molecule has 4 saturated carbocycles. The van der Waals surface area contributed by atoms with Crippen molar-refractivity contribution in [2.45, 2.75) is 64.2 Å². The second-order valence-corrected chi connectivity index (χ2v) is 14.5. The van der Waals surface area contributed by atoms with Gasteiger partial charge in [0, 0.05) is 58.9 Å². The van der Waals surface area contributed by atoms with E-state index in [2.05, 4.69) is 56.0 Å². The molecule has 222 valence electrons. The van der Waals surface area contributed by atoms with Crippen molar-refractivity contribution in [3.8, 4) is 0 Å². The van der Waals surface area contributed by atoms with Crippen LogP contribution in [-0.4, -0.2) is 90.4 Å². The number of hydrogen-bond acceptors (Lipinski definition) is 3. The highest BCUT2D eigenvalue weighted by Crippen LogP contribution is 2.60. The van der Waals surface area contributed by atoms with E-state index in [1.807, 2.05) is 6.07 Å². The molecule has 4 bridgehead atoms. The summed E-state index contributed by atoms with van der Waals surface area (Å²) in [7, 11) is 0. The lowest BCUT2D eigenvalue weighted by molar-refractivity contribution is -0.159. The van der Waals surface area contributed by atoms with Gasteiger partial charge in [-0.3, -0.25) is 9.69 Å². The van der Waals surface area contributed by atoms with Crippen LogP contribution in [0.15, 0.2) is 36.4 Å². The number of piperidine rings is 2. The molecule has 3 amide bonds. The van der Waals surface area contributed by atoms with E-state index in [0.29, 0.717) is 11.8 Å². The fourth-order valence-electron chi connectivity index (χ4n) is 10.1. The fraction of sp³-hybridized carbons (Fsp3) is 0.714. The van der Waals surface area contributed by atoms with Gasteiger partial charge >= 0.3 is 6.03 Å². The highest BCUT2D eigenvalue weighted by atomic mass is 16.2. The number of amides is 3. The smallest absolute Gasteiger partial charge is 0.320 e. The molecule has 0 unspecified atom stereocenters. The van der Waals surface area contributed by atoms with E-state index in [1.165, 1.54) is 44.1 Å². The Hall–Kier alpha value is -2.34. The average molecular weight is 559 g/mol. The van der Waals surface area contributed by atoms with Gasteiger partial charge < -0.3 is 14.7 Å². The molecule has 6 nitrogen and oxygen atoms in total. The minimum atomic E-state index is 0.0115. The van der Waals surface area contributed by atoms with Crippen molar-refractivity contribution in [1.82, 2.24) is 19.6 Å². The van der Waals surface area contributed by atoms with E-state index in [0.717, 1.165) is 108 Å². The third-order valence-electron chi connectivity index (χ3n) is 11.9. The van der Waals surface area contributed by atoms with E-state index >= 15 is 0 Å². The third-order valence-corrected chi connectivity index (χ3v) is 11.9. The summed E-state index contributed by atoms with van der Waals surface area (Å²) in [5.74, 6) is 4.47. The standard InChI is InChI=1S/C35H50N4O2/c40-33(35-24-28-21-29(25-35)23-30(22-28)26-35)37-13-8-31(9-14-37)32-10-15-38(16-11-32)34(41)39-19-17-36(18-20-39)12-4-7-27-5-2-1-3-6-27/h1-7,28-32H,8-26H2. The number of benzene rings is 1. The Labute approximate surface area is 247 Å². The minimum Gasteiger partial charge on any atom is -0.342 e. The maximum atomic E-state index is 13.8. The zero-order valence-electron chi connectivity index (χ0n) is 25.0. The molecule has 3 aliphatic heterocycles. The van der Waals surface area contributed by atoms with Crippen LogP contribution in [0.5, 0.6) is 0 Å². The number of piperazine rings is 1. The van der Waals surface area contributed by atoms with Gasteiger partial charge in [-0.1, -0.05) is 42.5 Å². The molecule has 6 heteroatoms. The molecule has 8 rings (SSSR count). The van der Waals surface area contributed by atoms with Crippen LogP contribution in [0.2, 0.25) is 0 Å². The first-order valence-electron chi connectivity index (χ1n) is 16.8. The van der Waals surface area contributed by atoms with Crippen LogP contribution in [-0.2, 0) is 4.79 Å². The normalized spacial score (nSPS) is 33.2. The molecule has 7 aliphatic rings. The molecule has 0 N–H and O–H groups in total. The van der Waals surface area contributed by atoms with Crippen LogP contribution in [0.3, 0.4) is 0 Å². The summed E-state index contributed by atoms with van der Waals surface area (Å²) >= 11 is 0. The lowest BCUT2D eigenvalue weighted by Crippen LogP contribution is -2.56. The summed E-state index contributed by atoms with van der Waals surface area (Å²) in [5.41, 5.74) is 1.25. The monoisotopic (exact) mass is 558 g/mol. The predicted octanol–water partition coefficient (Wildman–Crippen LogP) is 5.60. The summed E-state index contributed by atoms with van der Waals surface area (Å²) in [6.07, 6.45) is 16.8. The molecule has 4 aliphatic carbocycles. The Morgan fingerprint density at radius 2 is 1.20 bits per heavy atom. The Morgan fingerprint density at radius 3 is 1.76 bits per heavy atom. The second kappa shape index (κ2) is 11.7. The van der Waals surface area contributed by atoms with Crippen molar-refractivity contribution < 1.29 is 9.59 Å². The Bertz CT molecular complexity index is 1060. The van der Waals surface area contributed by atoms with Crippen molar-refractivity contribution >= 4 is 18.0 Å². The Balaban J connectivity index is 0.827. The first-order chi connectivity index (χ1) is 20.0. The van der Waals surface area contributed by atoms with Crippen molar-refractivity contribution in [2.24, 2.45) is 35.0 Å². The maximum absolute atomic E-state index is 13.8. The van der Waals surface area contributed by atoms with Crippen LogP contribution >= 0.6 is 0 Å². The number of likely N-dealkylation sites (tertiary alicyclic amines) is 2. The number of hydrogen-bond donors (Lipinski definition) is 0. The molecule has 7 fully saturated rings. The van der Waals surface area contributed by atoms with Gasteiger partial charge in [0.1, 0.15) is 0 Å². The van der Waals surface area contributed by atoms with Crippen molar-refractivity contribution in [3.05, 3.63) is 42.0 Å². The summed E-state index contributed by atoms with van der Waals surface area (Å²) in [6.45, 7) is 8.22. The fourth-order valence-corrected chi connectivity index (χ4v) is 10.1. The number of rotatable bonds is 5. The SMILES string of the molecule is O=C(N1CCC(C2CCN(C(=O)C34CC5CC(CC(C5)C3)C4)CC2)CC1)N1CCN(CC=Cc2ccccc2)CC1. The van der Waals surface area contributed by atoms with Crippen molar-refractivity contribution in [2.75, 3.05) is 58.9 Å². The Kier molecular flexibility index (Phi) is 7.87. The largest absolute Gasteiger partial charge is 0.342 e. The molecular weight excluding hydrogens is 508 g/mol. The third kappa shape index (κ3) is 5.83. The van der Waals surface area contributed by atoms with Gasteiger partial charge in [0.25, 0.3) is 0 Å². The maximum Gasteiger partial charge on any atom is 0.320 e. The quantitative estimate of drug-likeness (QED) is 0.472. The van der Waals surface area contributed by atoms with Gasteiger partial charge in [0.15, 0.2) is 0 Å². The average Bonchev–Trinajstić information content (AvgIpc) is 3.01. The molecule has 3 heterocycles. The topological polar surface area (TPSA) is 47.1 Å². The molecule has 1 aromatic carbocycles. The number of carbonyl (C=O) groups excluding carboxylic acids is 2. The van der Waals surface area contributed by atoms with Gasteiger partial charge in [-0.05, 0) is 99.4 Å². The lowest BCUT2D eigenvalue weighted by Gasteiger charge is -2.57. The van der Waals surface area contributed by atoms with Crippen molar-refractivity contribution in [1.29, 1.82) is 0 Å². The molecule has 41 heavy (non-hydrogen) atoms. The van der Waals surface area contributed by atoms with Gasteiger partial charge in [0.05, 0.1) is 5.41 Å². The molecule has 3 saturated heterocycles. The zero-order chi connectivity index (χ0) is 27.8. The number of nitrogens with zero attached hydrogens (tertiary/aromatic N) is 4. The van der Waals surface area contributed by atoms with Gasteiger partial charge in [0.2, 0.25) is 5.91 Å². The molecule has 0 radical (unpaired) electrons. The van der Waals surface area contributed by atoms with Crippen molar-refractivity contribution in [3.63, 3.8) is 0 Å². The predicted molar refractivity (Wildman–Crippen MR) is 163 cm³/mol. The first kappa shape index (κ1) is 27.5. The minimum absolute atomic E-state index is 0.0115. The number of urea groups is 1. The molecule has 1 aromatic rings. The highest BCUT2D eigenvalue weighted by molar-refractivity contribution is 5.83. The summed E-state index contributed by atoms with van der Waals surface area (Å²) in [6, 6.07) is 10.7. The first-order valence-corrected chi connectivity index (χ1v) is 16.8.